The van der Waals surface area contributed by atoms with E-state index in [1.807, 2.05) is 31.2 Å². The van der Waals surface area contributed by atoms with E-state index in [2.05, 4.69) is 15.3 Å². The minimum atomic E-state index is -0.115. The zero-order chi connectivity index (χ0) is 14.1. The molecule has 20 heavy (non-hydrogen) atoms. The van der Waals surface area contributed by atoms with E-state index in [0.717, 1.165) is 24.2 Å². The molecule has 1 fully saturated rings. The molecule has 0 aliphatic heterocycles. The molecule has 1 aromatic heterocycles. The minimum absolute atomic E-state index is 0.00921. The summed E-state index contributed by atoms with van der Waals surface area (Å²) in [6.07, 6.45) is 2.21. The summed E-state index contributed by atoms with van der Waals surface area (Å²) in [6, 6.07) is 9.14. The predicted octanol–water partition coefficient (Wildman–Crippen LogP) is 3.47. The fourth-order valence-electron chi connectivity index (χ4n) is 2.23. The zero-order valence-electron chi connectivity index (χ0n) is 11.2. The van der Waals surface area contributed by atoms with Gasteiger partial charge in [0.25, 0.3) is 5.56 Å². The average molecular weight is 290 g/mol. The standard InChI is InChI=1S/C15H16ClN3O/c1-9(11-4-2-3-5-12(11)16)17-13-8-14(20)19-15(18-13)10-6-7-10/h2-5,8-10H,6-7H2,1H3,(H2,17,18,19,20). The number of hydrogen-bond donors (Lipinski definition) is 2. The molecule has 1 unspecified atom stereocenters. The maximum atomic E-state index is 11.7. The number of aromatic amines is 1. The summed E-state index contributed by atoms with van der Waals surface area (Å²) < 4.78 is 0. The summed E-state index contributed by atoms with van der Waals surface area (Å²) in [5.74, 6) is 1.80. The van der Waals surface area contributed by atoms with Gasteiger partial charge in [-0.05, 0) is 31.4 Å². The fourth-order valence-corrected chi connectivity index (χ4v) is 2.53. The predicted molar refractivity (Wildman–Crippen MR) is 80.3 cm³/mol. The van der Waals surface area contributed by atoms with Crippen molar-refractivity contribution in [3.05, 3.63) is 57.1 Å². The van der Waals surface area contributed by atoms with Gasteiger partial charge in [-0.3, -0.25) is 4.79 Å². The Kier molecular flexibility index (Phi) is 3.49. The molecule has 1 aliphatic rings. The molecule has 2 N–H and O–H groups in total. The van der Waals surface area contributed by atoms with Gasteiger partial charge in [0.2, 0.25) is 0 Å². The lowest BCUT2D eigenvalue weighted by Gasteiger charge is -2.16. The van der Waals surface area contributed by atoms with Crippen LogP contribution in [0, 0.1) is 0 Å². The van der Waals surface area contributed by atoms with Crippen molar-refractivity contribution in [1.82, 2.24) is 9.97 Å². The van der Waals surface area contributed by atoms with Crippen LogP contribution in [0.3, 0.4) is 0 Å². The largest absolute Gasteiger partial charge is 0.363 e. The summed E-state index contributed by atoms with van der Waals surface area (Å²) in [5, 5.41) is 3.96. The van der Waals surface area contributed by atoms with Gasteiger partial charge in [-0.2, -0.15) is 0 Å². The molecule has 1 atom stereocenters. The van der Waals surface area contributed by atoms with Crippen LogP contribution in [0.25, 0.3) is 0 Å². The van der Waals surface area contributed by atoms with Crippen molar-refractivity contribution >= 4 is 17.4 Å². The maximum absolute atomic E-state index is 11.7. The van der Waals surface area contributed by atoms with E-state index in [1.54, 1.807) is 0 Å². The number of rotatable bonds is 4. The Labute approximate surface area is 122 Å². The van der Waals surface area contributed by atoms with Gasteiger partial charge in [0.1, 0.15) is 11.6 Å². The van der Waals surface area contributed by atoms with Crippen LogP contribution in [0.4, 0.5) is 5.82 Å². The number of anilines is 1. The molecule has 5 heteroatoms. The van der Waals surface area contributed by atoms with Crippen molar-refractivity contribution in [3.8, 4) is 0 Å². The molecule has 0 spiro atoms. The Morgan fingerprint density at radius 1 is 1.40 bits per heavy atom. The lowest BCUT2D eigenvalue weighted by atomic mass is 10.1. The molecular weight excluding hydrogens is 274 g/mol. The van der Waals surface area contributed by atoms with Crippen molar-refractivity contribution < 1.29 is 0 Å². The Morgan fingerprint density at radius 3 is 2.85 bits per heavy atom. The summed E-state index contributed by atoms with van der Waals surface area (Å²) in [5.41, 5.74) is 0.875. The Morgan fingerprint density at radius 2 is 2.15 bits per heavy atom. The lowest BCUT2D eigenvalue weighted by Crippen LogP contribution is -2.15. The van der Waals surface area contributed by atoms with Crippen molar-refractivity contribution in [2.45, 2.75) is 31.7 Å². The van der Waals surface area contributed by atoms with Gasteiger partial charge in [0.15, 0.2) is 0 Å². The number of halogens is 1. The van der Waals surface area contributed by atoms with Gasteiger partial charge in [-0.1, -0.05) is 29.8 Å². The van der Waals surface area contributed by atoms with Crippen molar-refractivity contribution in [3.63, 3.8) is 0 Å². The molecule has 0 saturated heterocycles. The van der Waals surface area contributed by atoms with Crippen LogP contribution < -0.4 is 10.9 Å². The van der Waals surface area contributed by atoms with Gasteiger partial charge in [0.05, 0.1) is 6.04 Å². The van der Waals surface area contributed by atoms with Crippen LogP contribution in [-0.2, 0) is 0 Å². The first-order valence-electron chi connectivity index (χ1n) is 6.75. The van der Waals surface area contributed by atoms with Crippen LogP contribution in [-0.4, -0.2) is 9.97 Å². The Hall–Kier alpha value is -1.81. The van der Waals surface area contributed by atoms with Crippen molar-refractivity contribution in [1.29, 1.82) is 0 Å². The molecule has 0 bridgehead atoms. The highest BCUT2D eigenvalue weighted by Crippen LogP contribution is 2.37. The van der Waals surface area contributed by atoms with E-state index in [1.165, 1.54) is 6.07 Å². The van der Waals surface area contributed by atoms with E-state index in [0.29, 0.717) is 16.8 Å². The van der Waals surface area contributed by atoms with E-state index < -0.39 is 0 Å². The second kappa shape index (κ2) is 5.29. The molecule has 2 aromatic rings. The number of nitrogens with one attached hydrogen (secondary N) is 2. The van der Waals surface area contributed by atoms with Crippen LogP contribution in [0.1, 0.15) is 43.1 Å². The van der Waals surface area contributed by atoms with Crippen LogP contribution in [0.15, 0.2) is 35.1 Å². The molecule has 1 saturated carbocycles. The highest BCUT2D eigenvalue weighted by molar-refractivity contribution is 6.31. The van der Waals surface area contributed by atoms with Gasteiger partial charge in [-0.25, -0.2) is 4.98 Å². The third-order valence-corrected chi connectivity index (χ3v) is 3.80. The molecule has 0 radical (unpaired) electrons. The number of hydrogen-bond acceptors (Lipinski definition) is 3. The molecule has 1 aliphatic carbocycles. The van der Waals surface area contributed by atoms with Crippen molar-refractivity contribution in [2.75, 3.05) is 5.32 Å². The molecule has 3 rings (SSSR count). The first kappa shape index (κ1) is 13.2. The Balaban J connectivity index is 1.84. The van der Waals surface area contributed by atoms with E-state index in [4.69, 9.17) is 11.6 Å². The average Bonchev–Trinajstić information content (AvgIpc) is 3.22. The third kappa shape index (κ3) is 2.85. The second-order valence-corrected chi connectivity index (χ2v) is 5.58. The zero-order valence-corrected chi connectivity index (χ0v) is 11.9. The first-order chi connectivity index (χ1) is 9.63. The number of aromatic nitrogens is 2. The van der Waals surface area contributed by atoms with Crippen LogP contribution in [0.5, 0.6) is 0 Å². The maximum Gasteiger partial charge on any atom is 0.252 e. The van der Waals surface area contributed by atoms with Crippen LogP contribution >= 0.6 is 11.6 Å². The number of H-pyrrole nitrogens is 1. The number of benzene rings is 1. The van der Waals surface area contributed by atoms with Gasteiger partial charge in [-0.15, -0.1) is 0 Å². The lowest BCUT2D eigenvalue weighted by molar-refractivity contribution is 0.848. The quantitative estimate of drug-likeness (QED) is 0.906. The minimum Gasteiger partial charge on any atom is -0.363 e. The SMILES string of the molecule is CC(Nc1cc(=O)[nH]c(C2CC2)n1)c1ccccc1Cl. The van der Waals surface area contributed by atoms with Gasteiger partial charge >= 0.3 is 0 Å². The topological polar surface area (TPSA) is 57.8 Å². The highest BCUT2D eigenvalue weighted by atomic mass is 35.5. The summed E-state index contributed by atoms with van der Waals surface area (Å²) >= 11 is 6.18. The van der Waals surface area contributed by atoms with E-state index in [-0.39, 0.29) is 11.6 Å². The summed E-state index contributed by atoms with van der Waals surface area (Å²) in [7, 11) is 0. The number of nitrogens with zero attached hydrogens (tertiary/aromatic N) is 1. The monoisotopic (exact) mass is 289 g/mol. The fraction of sp³-hybridized carbons (Fsp3) is 0.333. The molecule has 0 amide bonds. The molecule has 1 heterocycles. The normalized spacial score (nSPS) is 15.9. The van der Waals surface area contributed by atoms with Gasteiger partial charge in [0, 0.05) is 17.0 Å². The van der Waals surface area contributed by atoms with E-state index in [9.17, 15) is 4.79 Å². The first-order valence-corrected chi connectivity index (χ1v) is 7.13. The molecule has 104 valence electrons. The van der Waals surface area contributed by atoms with Gasteiger partial charge < -0.3 is 10.3 Å². The highest BCUT2D eigenvalue weighted by Gasteiger charge is 2.26. The second-order valence-electron chi connectivity index (χ2n) is 5.18. The van der Waals surface area contributed by atoms with E-state index >= 15 is 0 Å². The summed E-state index contributed by atoms with van der Waals surface area (Å²) in [6.45, 7) is 2.00. The third-order valence-electron chi connectivity index (χ3n) is 3.46. The smallest absolute Gasteiger partial charge is 0.252 e. The van der Waals surface area contributed by atoms with Crippen LogP contribution in [0.2, 0.25) is 5.02 Å². The Bertz CT molecular complexity index is 679. The molecule has 4 nitrogen and oxygen atoms in total. The van der Waals surface area contributed by atoms with Crippen molar-refractivity contribution in [2.24, 2.45) is 0 Å². The molecule has 1 aromatic carbocycles. The summed E-state index contributed by atoms with van der Waals surface area (Å²) in [4.78, 5) is 18.9. The molecular formula is C15H16ClN3O.